The predicted molar refractivity (Wildman–Crippen MR) is 135 cm³/mol. The second-order valence-electron chi connectivity index (χ2n) is 8.88. The van der Waals surface area contributed by atoms with Gasteiger partial charge in [0.25, 0.3) is 0 Å². The second-order valence-corrected chi connectivity index (χ2v) is 8.88. The summed E-state index contributed by atoms with van der Waals surface area (Å²) < 4.78 is 10.9. The summed E-state index contributed by atoms with van der Waals surface area (Å²) in [5, 5.41) is 3.62. The first-order chi connectivity index (χ1) is 14.9. The number of furan rings is 1. The Kier molecular flexibility index (Phi) is 10.9. The number of guanidine groups is 1. The molecule has 1 aromatic rings. The minimum absolute atomic E-state index is 0. The average molecular weight is 546 g/mol. The van der Waals surface area contributed by atoms with Crippen molar-refractivity contribution in [2.24, 2.45) is 10.9 Å². The Labute approximate surface area is 204 Å². The summed E-state index contributed by atoms with van der Waals surface area (Å²) in [6.07, 6.45) is 7.78. The summed E-state index contributed by atoms with van der Waals surface area (Å²) in [5.41, 5.74) is 0. The largest absolute Gasteiger partial charge is 0.469 e. The van der Waals surface area contributed by atoms with E-state index in [1.54, 1.807) is 6.26 Å². The zero-order chi connectivity index (χ0) is 20.4. The quantitative estimate of drug-likeness (QED) is 0.223. The number of morpholine rings is 1. The molecule has 1 unspecified atom stereocenters. The van der Waals surface area contributed by atoms with E-state index in [1.807, 2.05) is 12.1 Å². The number of aliphatic imine (C=N–C) groups is 1. The van der Waals surface area contributed by atoms with Gasteiger partial charge in [0.2, 0.25) is 0 Å². The van der Waals surface area contributed by atoms with Crippen LogP contribution in [0, 0.1) is 5.92 Å². The third kappa shape index (κ3) is 8.22. The molecular weight excluding hydrogens is 505 g/mol. The Hall–Kier alpha value is -0.840. The molecule has 3 fully saturated rings. The zero-order valence-electron chi connectivity index (χ0n) is 18.8. The van der Waals surface area contributed by atoms with Gasteiger partial charge in [-0.05, 0) is 56.8 Å². The van der Waals surface area contributed by atoms with E-state index in [9.17, 15) is 0 Å². The molecule has 1 aromatic heterocycles. The third-order valence-electron chi connectivity index (χ3n) is 6.53. The van der Waals surface area contributed by atoms with Crippen LogP contribution in [0.1, 0.15) is 31.4 Å². The monoisotopic (exact) mass is 545 g/mol. The number of rotatable bonds is 9. The van der Waals surface area contributed by atoms with Crippen molar-refractivity contribution in [2.75, 3.05) is 78.7 Å². The van der Waals surface area contributed by atoms with Crippen molar-refractivity contribution < 1.29 is 9.15 Å². The number of nitrogens with zero attached hydrogens (tertiary/aromatic N) is 4. The standard InChI is InChI=1S/C23H39N5O2.HI/c1-2-11-27(10-1)19-21-7-13-28(20-21)23(25-9-6-22-5-3-16-30-22)24-8-4-12-26-14-17-29-18-15-26;/h3,5,16,21H,1-2,4,6-15,17-20H2,(H,24,25);1H. The molecule has 0 spiro atoms. The van der Waals surface area contributed by atoms with Gasteiger partial charge < -0.3 is 24.3 Å². The number of hydrogen-bond donors (Lipinski definition) is 1. The lowest BCUT2D eigenvalue weighted by molar-refractivity contribution is 0.0377. The van der Waals surface area contributed by atoms with E-state index in [4.69, 9.17) is 14.1 Å². The Morgan fingerprint density at radius 3 is 2.71 bits per heavy atom. The van der Waals surface area contributed by atoms with E-state index in [1.165, 1.54) is 38.9 Å². The molecule has 0 bridgehead atoms. The van der Waals surface area contributed by atoms with Gasteiger partial charge in [0.15, 0.2) is 5.96 Å². The highest BCUT2D eigenvalue weighted by Gasteiger charge is 2.27. The molecule has 1 atom stereocenters. The summed E-state index contributed by atoms with van der Waals surface area (Å²) >= 11 is 0. The summed E-state index contributed by atoms with van der Waals surface area (Å²) in [6.45, 7) is 12.8. The predicted octanol–water partition coefficient (Wildman–Crippen LogP) is 2.53. The van der Waals surface area contributed by atoms with Crippen LogP contribution < -0.4 is 5.32 Å². The van der Waals surface area contributed by atoms with E-state index in [0.717, 1.165) is 89.5 Å². The van der Waals surface area contributed by atoms with Gasteiger partial charge >= 0.3 is 0 Å². The van der Waals surface area contributed by atoms with Crippen molar-refractivity contribution in [1.29, 1.82) is 0 Å². The van der Waals surface area contributed by atoms with Crippen LogP contribution in [0.5, 0.6) is 0 Å². The summed E-state index contributed by atoms with van der Waals surface area (Å²) in [5.74, 6) is 2.89. The minimum atomic E-state index is 0. The van der Waals surface area contributed by atoms with E-state index >= 15 is 0 Å². The fraction of sp³-hybridized carbons (Fsp3) is 0.783. The molecule has 0 saturated carbocycles. The van der Waals surface area contributed by atoms with Crippen molar-refractivity contribution >= 4 is 29.9 Å². The summed E-state index contributed by atoms with van der Waals surface area (Å²) in [6, 6.07) is 4.00. The maximum Gasteiger partial charge on any atom is 0.193 e. The smallest absolute Gasteiger partial charge is 0.193 e. The molecule has 4 heterocycles. The molecule has 176 valence electrons. The van der Waals surface area contributed by atoms with Crippen molar-refractivity contribution in [3.05, 3.63) is 24.2 Å². The van der Waals surface area contributed by atoms with Crippen LogP contribution in [0.4, 0.5) is 0 Å². The Bertz CT molecular complexity index is 630. The van der Waals surface area contributed by atoms with Gasteiger partial charge in [0, 0.05) is 58.8 Å². The maximum absolute atomic E-state index is 5.48. The van der Waals surface area contributed by atoms with Crippen molar-refractivity contribution in [2.45, 2.75) is 32.1 Å². The van der Waals surface area contributed by atoms with E-state index in [2.05, 4.69) is 20.0 Å². The van der Waals surface area contributed by atoms with Crippen LogP contribution >= 0.6 is 24.0 Å². The Balaban J connectivity index is 0.00000272. The van der Waals surface area contributed by atoms with Crippen LogP contribution in [0.15, 0.2) is 27.8 Å². The van der Waals surface area contributed by atoms with Crippen LogP contribution in [0.2, 0.25) is 0 Å². The highest BCUT2D eigenvalue weighted by molar-refractivity contribution is 14.0. The molecule has 31 heavy (non-hydrogen) atoms. The van der Waals surface area contributed by atoms with Crippen molar-refractivity contribution in [3.8, 4) is 0 Å². The van der Waals surface area contributed by atoms with Gasteiger partial charge in [0.1, 0.15) is 5.76 Å². The molecule has 0 aromatic carbocycles. The number of hydrogen-bond acceptors (Lipinski definition) is 5. The fourth-order valence-corrected chi connectivity index (χ4v) is 4.83. The normalized spacial score (nSPS) is 23.3. The Morgan fingerprint density at radius 2 is 1.94 bits per heavy atom. The van der Waals surface area contributed by atoms with Crippen LogP contribution in [0.3, 0.4) is 0 Å². The van der Waals surface area contributed by atoms with Gasteiger partial charge in [0.05, 0.1) is 19.5 Å². The number of ether oxygens (including phenoxy) is 1. The average Bonchev–Trinajstić information content (AvgIpc) is 3.54. The van der Waals surface area contributed by atoms with Crippen LogP contribution in [-0.4, -0.2) is 99.3 Å². The maximum atomic E-state index is 5.48. The van der Waals surface area contributed by atoms with Crippen LogP contribution in [-0.2, 0) is 11.2 Å². The van der Waals surface area contributed by atoms with E-state index < -0.39 is 0 Å². The first kappa shape index (κ1) is 24.8. The molecule has 0 aliphatic carbocycles. The molecule has 8 heteroatoms. The fourth-order valence-electron chi connectivity index (χ4n) is 4.83. The SMILES string of the molecule is I.c1coc(CCNC(=NCCCN2CCOCC2)N2CCC(CN3CCCC3)C2)c1. The van der Waals surface area contributed by atoms with Crippen molar-refractivity contribution in [3.63, 3.8) is 0 Å². The molecule has 1 N–H and O–H groups in total. The number of likely N-dealkylation sites (tertiary alicyclic amines) is 2. The van der Waals surface area contributed by atoms with Crippen LogP contribution in [0.25, 0.3) is 0 Å². The molecular formula is C23H40IN5O2. The molecule has 0 radical (unpaired) electrons. The lowest BCUT2D eigenvalue weighted by Crippen LogP contribution is -2.42. The highest BCUT2D eigenvalue weighted by Crippen LogP contribution is 2.20. The second kappa shape index (κ2) is 13.6. The molecule has 3 aliphatic rings. The van der Waals surface area contributed by atoms with Gasteiger partial charge in [-0.2, -0.15) is 0 Å². The molecule has 4 rings (SSSR count). The first-order valence-electron chi connectivity index (χ1n) is 11.9. The summed E-state index contributed by atoms with van der Waals surface area (Å²) in [7, 11) is 0. The van der Waals surface area contributed by atoms with Gasteiger partial charge in [-0.25, -0.2) is 0 Å². The lowest BCUT2D eigenvalue weighted by atomic mass is 10.1. The first-order valence-corrected chi connectivity index (χ1v) is 11.9. The number of halogens is 1. The third-order valence-corrected chi connectivity index (χ3v) is 6.53. The Morgan fingerprint density at radius 1 is 1.10 bits per heavy atom. The molecule has 3 saturated heterocycles. The topological polar surface area (TPSA) is 56.5 Å². The number of nitrogens with one attached hydrogen (secondary N) is 1. The molecule has 3 aliphatic heterocycles. The lowest BCUT2D eigenvalue weighted by Gasteiger charge is -2.26. The summed E-state index contributed by atoms with van der Waals surface area (Å²) in [4.78, 5) is 12.6. The van der Waals surface area contributed by atoms with Crippen molar-refractivity contribution in [1.82, 2.24) is 20.0 Å². The highest BCUT2D eigenvalue weighted by atomic mass is 127. The zero-order valence-corrected chi connectivity index (χ0v) is 21.2. The van der Waals surface area contributed by atoms with E-state index in [0.29, 0.717) is 0 Å². The van der Waals surface area contributed by atoms with Gasteiger partial charge in [-0.3, -0.25) is 9.89 Å². The molecule has 0 amide bonds. The van der Waals surface area contributed by atoms with Gasteiger partial charge in [-0.15, -0.1) is 24.0 Å². The molecule has 7 nitrogen and oxygen atoms in total. The van der Waals surface area contributed by atoms with Gasteiger partial charge in [-0.1, -0.05) is 0 Å². The minimum Gasteiger partial charge on any atom is -0.469 e. The van der Waals surface area contributed by atoms with E-state index in [-0.39, 0.29) is 24.0 Å².